The number of aryl methyl sites for hydroxylation is 1. The van der Waals surface area contributed by atoms with Crippen LogP contribution in [0.5, 0.6) is 0 Å². The molecule has 0 bridgehead atoms. The van der Waals surface area contributed by atoms with Crippen LogP contribution in [0.3, 0.4) is 0 Å². The van der Waals surface area contributed by atoms with Gasteiger partial charge in [-0.1, -0.05) is 12.1 Å². The molecule has 1 rings (SSSR count). The van der Waals surface area contributed by atoms with E-state index in [1.807, 2.05) is 19.2 Å². The van der Waals surface area contributed by atoms with Gasteiger partial charge in [0.05, 0.1) is 42.4 Å². The fraction of sp³-hybridized carbons (Fsp3) is 0.538. The normalized spacial score (nSPS) is 11.0. The van der Waals surface area contributed by atoms with Crippen LogP contribution in [0.15, 0.2) is 18.2 Å². The molecule has 0 aliphatic rings. The van der Waals surface area contributed by atoms with Crippen molar-refractivity contribution in [2.24, 2.45) is 0 Å². The summed E-state index contributed by atoms with van der Waals surface area (Å²) in [6, 6.07) is 5.42. The number of nitrogens with zero attached hydrogens (tertiary/aromatic N) is 2. The Labute approximate surface area is 135 Å². The van der Waals surface area contributed by atoms with Crippen molar-refractivity contribution in [1.29, 1.82) is 0 Å². The van der Waals surface area contributed by atoms with Gasteiger partial charge >= 0.3 is 0 Å². The Hall–Kier alpha value is -0.550. The van der Waals surface area contributed by atoms with Crippen LogP contribution >= 0.6 is 23.2 Å². The summed E-state index contributed by atoms with van der Waals surface area (Å²) < 4.78 is 0.608. The van der Waals surface area contributed by atoms with Crippen molar-refractivity contribution < 1.29 is 21.8 Å². The van der Waals surface area contributed by atoms with Crippen LogP contribution in [0.25, 0.3) is 0 Å². The van der Waals surface area contributed by atoms with Crippen LogP contribution in [0.1, 0.15) is 11.1 Å². The summed E-state index contributed by atoms with van der Waals surface area (Å²) >= 11 is 11.7. The van der Waals surface area contributed by atoms with E-state index in [4.69, 9.17) is 23.2 Å². The first-order valence-corrected chi connectivity index (χ1v) is 7.19. The molecule has 0 saturated carbocycles. The number of para-hydroxylation sites is 1. The highest BCUT2D eigenvalue weighted by Gasteiger charge is 2.26. The zero-order chi connectivity index (χ0) is 14.5. The maximum atomic E-state index is 11.2. The van der Waals surface area contributed by atoms with Gasteiger partial charge in [-0.2, -0.15) is 0 Å². The van der Waals surface area contributed by atoms with Crippen molar-refractivity contribution in [1.82, 2.24) is 0 Å². The zero-order valence-electron chi connectivity index (χ0n) is 11.6. The van der Waals surface area contributed by atoms with Crippen LogP contribution in [0, 0.1) is 17.0 Å². The molecule has 0 N–H and O–H groups in total. The third-order valence-corrected chi connectivity index (χ3v) is 3.64. The van der Waals surface area contributed by atoms with Crippen LogP contribution in [-0.2, 0) is 6.54 Å². The van der Waals surface area contributed by atoms with E-state index in [1.54, 1.807) is 13.0 Å². The SMILES string of the molecule is Cc1cccc(C[N+](C)(CCCl)CCCl)c1[N+](=O)[O-].[Cl-]. The second-order valence-corrected chi connectivity index (χ2v) is 5.70. The smallest absolute Gasteiger partial charge is 0.281 e. The van der Waals surface area contributed by atoms with Crippen molar-refractivity contribution in [2.75, 3.05) is 31.9 Å². The summed E-state index contributed by atoms with van der Waals surface area (Å²) in [6.07, 6.45) is 0. The molecule has 0 saturated heterocycles. The van der Waals surface area contributed by atoms with E-state index in [2.05, 4.69) is 0 Å². The monoisotopic (exact) mass is 340 g/mol. The summed E-state index contributed by atoms with van der Waals surface area (Å²) in [6.45, 7) is 3.80. The van der Waals surface area contributed by atoms with Gasteiger partial charge in [0.2, 0.25) is 0 Å². The Morgan fingerprint density at radius 2 is 1.80 bits per heavy atom. The third kappa shape index (κ3) is 5.09. The van der Waals surface area contributed by atoms with E-state index >= 15 is 0 Å². The number of rotatable bonds is 7. The summed E-state index contributed by atoms with van der Waals surface area (Å²) in [5.41, 5.74) is 1.63. The van der Waals surface area contributed by atoms with Gasteiger partial charge in [0.25, 0.3) is 5.69 Å². The van der Waals surface area contributed by atoms with E-state index in [1.165, 1.54) is 0 Å². The number of nitro benzene ring substituents is 1. The average Bonchev–Trinajstić information content (AvgIpc) is 2.28. The lowest BCUT2D eigenvalue weighted by atomic mass is 10.1. The van der Waals surface area contributed by atoms with Gasteiger partial charge < -0.3 is 16.9 Å². The molecule has 0 atom stereocenters. The predicted octanol–water partition coefficient (Wildman–Crippen LogP) is 0.331. The zero-order valence-corrected chi connectivity index (χ0v) is 13.9. The topological polar surface area (TPSA) is 43.1 Å². The molecule has 0 aliphatic heterocycles. The van der Waals surface area contributed by atoms with E-state index in [0.717, 1.165) is 18.7 Å². The van der Waals surface area contributed by atoms with Crippen LogP contribution < -0.4 is 12.4 Å². The van der Waals surface area contributed by atoms with Crippen molar-refractivity contribution in [3.8, 4) is 0 Å². The minimum Gasteiger partial charge on any atom is -1.00 e. The third-order valence-electron chi connectivity index (χ3n) is 3.30. The first-order valence-electron chi connectivity index (χ1n) is 6.12. The van der Waals surface area contributed by atoms with Crippen molar-refractivity contribution in [3.63, 3.8) is 0 Å². The van der Waals surface area contributed by atoms with E-state index in [9.17, 15) is 10.1 Å². The van der Waals surface area contributed by atoms with Gasteiger partial charge in [0.15, 0.2) is 0 Å². The molecule has 0 heterocycles. The van der Waals surface area contributed by atoms with Crippen LogP contribution in [-0.4, -0.2) is 41.3 Å². The first-order chi connectivity index (χ1) is 8.93. The van der Waals surface area contributed by atoms with E-state index in [0.29, 0.717) is 28.4 Å². The minimum atomic E-state index is -0.309. The second kappa shape index (κ2) is 8.67. The van der Waals surface area contributed by atoms with Gasteiger partial charge in [-0.05, 0) is 13.0 Å². The van der Waals surface area contributed by atoms with Crippen molar-refractivity contribution >= 4 is 28.9 Å². The highest BCUT2D eigenvalue weighted by Crippen LogP contribution is 2.26. The van der Waals surface area contributed by atoms with Crippen molar-refractivity contribution in [3.05, 3.63) is 39.4 Å². The average molecular weight is 342 g/mol. The molecule has 1 aromatic carbocycles. The maximum absolute atomic E-state index is 11.2. The number of quaternary nitrogens is 1. The fourth-order valence-corrected chi connectivity index (χ4v) is 3.01. The number of alkyl halides is 2. The second-order valence-electron chi connectivity index (χ2n) is 4.94. The lowest BCUT2D eigenvalue weighted by Gasteiger charge is -2.33. The van der Waals surface area contributed by atoms with Gasteiger partial charge in [-0.3, -0.25) is 10.1 Å². The molecular formula is C13H19Cl3N2O2. The molecule has 4 nitrogen and oxygen atoms in total. The van der Waals surface area contributed by atoms with Gasteiger partial charge in [-0.15, -0.1) is 23.2 Å². The molecule has 0 amide bonds. The van der Waals surface area contributed by atoms with Crippen LogP contribution in [0.2, 0.25) is 0 Å². The Bertz CT molecular complexity index is 449. The van der Waals surface area contributed by atoms with Crippen LogP contribution in [0.4, 0.5) is 5.69 Å². The summed E-state index contributed by atoms with van der Waals surface area (Å²) in [5.74, 6) is 1.01. The number of nitro groups is 1. The predicted molar refractivity (Wildman–Crippen MR) is 78.9 cm³/mol. The van der Waals surface area contributed by atoms with Crippen molar-refractivity contribution in [2.45, 2.75) is 13.5 Å². The molecule has 1 aromatic rings. The Morgan fingerprint density at radius 3 is 2.25 bits per heavy atom. The standard InChI is InChI=1S/C13H19Cl2N2O2.ClH/c1-11-4-3-5-12(13(11)16(18)19)10-17(2,8-6-14)9-7-15;/h3-5H,6-10H2,1-2H3;1H/q+1;/p-1. The highest BCUT2D eigenvalue weighted by atomic mass is 35.5. The minimum absolute atomic E-state index is 0. The number of halogens is 3. The highest BCUT2D eigenvalue weighted by molar-refractivity contribution is 6.18. The Kier molecular flexibility index (Phi) is 8.44. The fourth-order valence-electron chi connectivity index (χ4n) is 2.20. The van der Waals surface area contributed by atoms with Gasteiger partial charge in [0, 0.05) is 5.56 Å². The Balaban J connectivity index is 0.00000361. The molecule has 0 radical (unpaired) electrons. The molecule has 0 aromatic heterocycles. The molecule has 20 heavy (non-hydrogen) atoms. The van der Waals surface area contributed by atoms with E-state index < -0.39 is 0 Å². The molecule has 0 unspecified atom stereocenters. The number of hydrogen-bond donors (Lipinski definition) is 0. The van der Waals surface area contributed by atoms with Gasteiger partial charge in [-0.25, -0.2) is 0 Å². The first kappa shape index (κ1) is 19.4. The van der Waals surface area contributed by atoms with E-state index in [-0.39, 0.29) is 23.0 Å². The molecular weight excluding hydrogens is 323 g/mol. The van der Waals surface area contributed by atoms with Gasteiger partial charge in [0.1, 0.15) is 6.54 Å². The summed E-state index contributed by atoms with van der Waals surface area (Å²) in [5, 5.41) is 11.2. The molecule has 114 valence electrons. The Morgan fingerprint density at radius 1 is 1.25 bits per heavy atom. The number of hydrogen-bond acceptors (Lipinski definition) is 2. The molecule has 0 spiro atoms. The maximum Gasteiger partial charge on any atom is 0.281 e. The largest absolute Gasteiger partial charge is 1.00 e. The lowest BCUT2D eigenvalue weighted by molar-refractivity contribution is -0.918. The lowest BCUT2D eigenvalue weighted by Crippen LogP contribution is -3.00. The molecule has 7 heteroatoms. The summed E-state index contributed by atoms with van der Waals surface area (Å²) in [4.78, 5) is 10.9. The summed E-state index contributed by atoms with van der Waals surface area (Å²) in [7, 11) is 2.02. The quantitative estimate of drug-likeness (QED) is 0.310. The number of benzene rings is 1. The molecule has 0 aliphatic carbocycles. The molecule has 0 fully saturated rings.